The molecule has 0 spiro atoms. The van der Waals surface area contributed by atoms with Crippen LogP contribution in [0.5, 0.6) is 0 Å². The molecule has 1 amide bonds. The van der Waals surface area contributed by atoms with Crippen LogP contribution in [-0.2, 0) is 14.8 Å². The van der Waals surface area contributed by atoms with Gasteiger partial charge in [0.15, 0.2) is 0 Å². The maximum absolute atomic E-state index is 12.6. The molecule has 1 fully saturated rings. The van der Waals surface area contributed by atoms with E-state index in [2.05, 4.69) is 5.32 Å². The summed E-state index contributed by atoms with van der Waals surface area (Å²) in [7, 11) is -3.43. The van der Waals surface area contributed by atoms with Crippen molar-refractivity contribution in [3.63, 3.8) is 0 Å². The molecule has 2 atom stereocenters. The van der Waals surface area contributed by atoms with Crippen LogP contribution in [-0.4, -0.2) is 56.2 Å². The number of morpholine rings is 1. The van der Waals surface area contributed by atoms with Gasteiger partial charge in [0, 0.05) is 25.2 Å². The van der Waals surface area contributed by atoms with Gasteiger partial charge in [-0.3, -0.25) is 4.79 Å². The molecule has 1 saturated heterocycles. The molecular formula is C19H24N2O4S2. The first-order chi connectivity index (χ1) is 12.9. The number of ether oxygens (including phenoxy) is 1. The first kappa shape index (κ1) is 20.0. The Bertz CT molecular complexity index is 870. The lowest BCUT2D eigenvalue weighted by atomic mass is 10.1. The van der Waals surface area contributed by atoms with Crippen molar-refractivity contribution in [2.75, 3.05) is 25.4 Å². The Hall–Kier alpha value is -1.74. The average Bonchev–Trinajstić information content (AvgIpc) is 3.11. The van der Waals surface area contributed by atoms with Crippen LogP contribution in [0.25, 0.3) is 11.1 Å². The summed E-state index contributed by atoms with van der Waals surface area (Å²) >= 11 is 1.35. The van der Waals surface area contributed by atoms with Gasteiger partial charge in [0.2, 0.25) is 10.0 Å². The average molecular weight is 409 g/mol. The standard InChI is InChI=1S/C19H24N2O4S2/c1-14-12-21(13-15(2)25-14)27(23,24)11-9-20-19(22)18-17(8-10-26-18)16-6-4-3-5-7-16/h3-8,10,14-15H,9,11-13H2,1-2H3,(H,20,22). The lowest BCUT2D eigenvalue weighted by Gasteiger charge is -2.34. The van der Waals surface area contributed by atoms with E-state index in [4.69, 9.17) is 4.74 Å². The van der Waals surface area contributed by atoms with Crippen LogP contribution < -0.4 is 5.32 Å². The van der Waals surface area contributed by atoms with Crippen LogP contribution in [0.2, 0.25) is 0 Å². The molecule has 3 rings (SSSR count). The minimum Gasteiger partial charge on any atom is -0.373 e. The maximum Gasteiger partial charge on any atom is 0.262 e. The number of hydrogen-bond donors (Lipinski definition) is 1. The van der Waals surface area contributed by atoms with Crippen LogP contribution in [0.4, 0.5) is 0 Å². The van der Waals surface area contributed by atoms with E-state index in [1.807, 2.05) is 55.6 Å². The number of amides is 1. The predicted octanol–water partition coefficient (Wildman–Crippen LogP) is 2.58. The van der Waals surface area contributed by atoms with Gasteiger partial charge in [0.25, 0.3) is 5.91 Å². The van der Waals surface area contributed by atoms with E-state index in [0.29, 0.717) is 18.0 Å². The van der Waals surface area contributed by atoms with Gasteiger partial charge in [0.1, 0.15) is 0 Å². The highest BCUT2D eigenvalue weighted by atomic mass is 32.2. The van der Waals surface area contributed by atoms with Crippen molar-refractivity contribution >= 4 is 27.3 Å². The number of sulfonamides is 1. The summed E-state index contributed by atoms with van der Waals surface area (Å²) in [6, 6.07) is 11.6. The fourth-order valence-corrected chi connectivity index (χ4v) is 5.52. The zero-order chi connectivity index (χ0) is 19.4. The predicted molar refractivity (Wildman–Crippen MR) is 107 cm³/mol. The Labute approximate surface area is 164 Å². The molecule has 1 aliphatic rings. The molecule has 0 radical (unpaired) electrons. The molecule has 1 N–H and O–H groups in total. The zero-order valence-corrected chi connectivity index (χ0v) is 17.1. The van der Waals surface area contributed by atoms with E-state index in [1.54, 1.807) is 0 Å². The molecule has 2 unspecified atom stereocenters. The Kier molecular flexibility index (Phi) is 6.31. The molecule has 2 aromatic rings. The fraction of sp³-hybridized carbons (Fsp3) is 0.421. The minimum absolute atomic E-state index is 0.0768. The molecule has 27 heavy (non-hydrogen) atoms. The molecular weight excluding hydrogens is 384 g/mol. The number of benzene rings is 1. The van der Waals surface area contributed by atoms with Gasteiger partial charge in [-0.15, -0.1) is 11.3 Å². The molecule has 1 aliphatic heterocycles. The normalized spacial score (nSPS) is 21.1. The van der Waals surface area contributed by atoms with Gasteiger partial charge in [0.05, 0.1) is 22.8 Å². The minimum atomic E-state index is -3.43. The maximum atomic E-state index is 12.6. The smallest absolute Gasteiger partial charge is 0.262 e. The second kappa shape index (κ2) is 8.52. The van der Waals surface area contributed by atoms with Gasteiger partial charge in [-0.1, -0.05) is 30.3 Å². The lowest BCUT2D eigenvalue weighted by molar-refractivity contribution is -0.0440. The Morgan fingerprint density at radius 3 is 2.52 bits per heavy atom. The fourth-order valence-electron chi connectivity index (χ4n) is 3.19. The topological polar surface area (TPSA) is 75.7 Å². The van der Waals surface area contributed by atoms with Gasteiger partial charge in [-0.2, -0.15) is 4.31 Å². The lowest BCUT2D eigenvalue weighted by Crippen LogP contribution is -2.49. The molecule has 0 aliphatic carbocycles. The summed E-state index contributed by atoms with van der Waals surface area (Å²) in [6.07, 6.45) is -0.254. The third-order valence-corrected chi connectivity index (χ3v) is 7.10. The number of thiophene rings is 1. The summed E-state index contributed by atoms with van der Waals surface area (Å²) in [5.74, 6) is -0.368. The van der Waals surface area contributed by atoms with Crippen molar-refractivity contribution in [3.05, 3.63) is 46.7 Å². The Morgan fingerprint density at radius 2 is 1.85 bits per heavy atom. The third-order valence-electron chi connectivity index (χ3n) is 4.38. The summed E-state index contributed by atoms with van der Waals surface area (Å²) in [6.45, 7) is 4.50. The summed E-state index contributed by atoms with van der Waals surface area (Å²) in [5, 5.41) is 4.61. The number of rotatable bonds is 6. The second-order valence-corrected chi connectivity index (χ2v) is 9.68. The van der Waals surface area contributed by atoms with Crippen molar-refractivity contribution < 1.29 is 17.9 Å². The van der Waals surface area contributed by atoms with Gasteiger partial charge < -0.3 is 10.1 Å². The van der Waals surface area contributed by atoms with E-state index in [0.717, 1.165) is 11.1 Å². The van der Waals surface area contributed by atoms with Crippen molar-refractivity contribution in [1.82, 2.24) is 9.62 Å². The third kappa shape index (κ3) is 4.95. The van der Waals surface area contributed by atoms with E-state index in [-0.39, 0.29) is 30.4 Å². The van der Waals surface area contributed by atoms with Crippen LogP contribution in [0.3, 0.4) is 0 Å². The van der Waals surface area contributed by atoms with Gasteiger partial charge in [-0.25, -0.2) is 8.42 Å². The van der Waals surface area contributed by atoms with E-state index in [9.17, 15) is 13.2 Å². The number of carbonyl (C=O) groups excluding carboxylic acids is 1. The van der Waals surface area contributed by atoms with Crippen molar-refractivity contribution in [1.29, 1.82) is 0 Å². The number of hydrogen-bond acceptors (Lipinski definition) is 5. The van der Waals surface area contributed by atoms with Crippen LogP contribution in [0.1, 0.15) is 23.5 Å². The van der Waals surface area contributed by atoms with E-state index >= 15 is 0 Å². The number of nitrogens with one attached hydrogen (secondary N) is 1. The summed E-state index contributed by atoms with van der Waals surface area (Å²) in [5.41, 5.74) is 1.82. The Morgan fingerprint density at radius 1 is 1.19 bits per heavy atom. The highest BCUT2D eigenvalue weighted by Crippen LogP contribution is 2.28. The highest BCUT2D eigenvalue weighted by molar-refractivity contribution is 7.89. The largest absolute Gasteiger partial charge is 0.373 e. The molecule has 2 heterocycles. The molecule has 0 saturated carbocycles. The summed E-state index contributed by atoms with van der Waals surface area (Å²) < 4.78 is 32.2. The first-order valence-electron chi connectivity index (χ1n) is 8.91. The Balaban J connectivity index is 1.60. The van der Waals surface area contributed by atoms with Gasteiger partial charge in [-0.05, 0) is 30.9 Å². The van der Waals surface area contributed by atoms with Crippen molar-refractivity contribution in [2.45, 2.75) is 26.1 Å². The summed E-state index contributed by atoms with van der Waals surface area (Å²) in [4.78, 5) is 13.1. The zero-order valence-electron chi connectivity index (χ0n) is 15.4. The highest BCUT2D eigenvalue weighted by Gasteiger charge is 2.30. The number of nitrogens with zero attached hydrogens (tertiary/aromatic N) is 1. The molecule has 0 bridgehead atoms. The van der Waals surface area contributed by atoms with Crippen LogP contribution >= 0.6 is 11.3 Å². The molecule has 146 valence electrons. The van der Waals surface area contributed by atoms with Crippen LogP contribution in [0, 0.1) is 0 Å². The van der Waals surface area contributed by atoms with Gasteiger partial charge >= 0.3 is 0 Å². The molecule has 8 heteroatoms. The van der Waals surface area contributed by atoms with Crippen molar-refractivity contribution in [3.8, 4) is 11.1 Å². The quantitative estimate of drug-likeness (QED) is 0.797. The van der Waals surface area contributed by atoms with E-state index < -0.39 is 10.0 Å². The molecule has 1 aromatic heterocycles. The van der Waals surface area contributed by atoms with Crippen molar-refractivity contribution in [2.24, 2.45) is 0 Å². The first-order valence-corrected chi connectivity index (χ1v) is 11.4. The van der Waals surface area contributed by atoms with E-state index in [1.165, 1.54) is 15.6 Å². The van der Waals surface area contributed by atoms with Crippen LogP contribution in [0.15, 0.2) is 41.8 Å². The molecule has 6 nitrogen and oxygen atoms in total. The second-order valence-electron chi connectivity index (χ2n) is 6.68. The molecule has 1 aromatic carbocycles. The SMILES string of the molecule is CC1CN(S(=O)(=O)CCNC(=O)c2sccc2-c2ccccc2)CC(C)O1. The number of carbonyl (C=O) groups is 1. The monoisotopic (exact) mass is 408 g/mol.